The van der Waals surface area contributed by atoms with E-state index in [2.05, 4.69) is 24.0 Å². The van der Waals surface area contributed by atoms with E-state index in [0.717, 1.165) is 57.3 Å². The highest BCUT2D eigenvalue weighted by atomic mass is 16.2. The van der Waals surface area contributed by atoms with Crippen LogP contribution in [0.5, 0.6) is 0 Å². The Bertz CT molecular complexity index is 443. The molecular formula is C15H26N4O. The first-order valence-electron chi connectivity index (χ1n) is 7.82. The zero-order valence-corrected chi connectivity index (χ0v) is 12.6. The first kappa shape index (κ1) is 14.9. The fourth-order valence-corrected chi connectivity index (χ4v) is 2.37. The van der Waals surface area contributed by atoms with E-state index in [1.165, 1.54) is 0 Å². The third-order valence-electron chi connectivity index (χ3n) is 3.87. The summed E-state index contributed by atoms with van der Waals surface area (Å²) < 4.78 is 0. The number of anilines is 1. The van der Waals surface area contributed by atoms with Crippen LogP contribution in [0.2, 0.25) is 0 Å². The second-order valence-electron chi connectivity index (χ2n) is 5.67. The van der Waals surface area contributed by atoms with Crippen LogP contribution in [0.4, 0.5) is 5.69 Å². The van der Waals surface area contributed by atoms with Crippen molar-refractivity contribution >= 4 is 11.6 Å². The molecule has 0 aliphatic heterocycles. The van der Waals surface area contributed by atoms with E-state index in [0.29, 0.717) is 17.3 Å². The summed E-state index contributed by atoms with van der Waals surface area (Å²) >= 11 is 0. The van der Waals surface area contributed by atoms with Gasteiger partial charge < -0.3 is 10.6 Å². The highest BCUT2D eigenvalue weighted by Crippen LogP contribution is 2.42. The van der Waals surface area contributed by atoms with Gasteiger partial charge in [-0.05, 0) is 25.7 Å². The van der Waals surface area contributed by atoms with Crippen LogP contribution in [0.1, 0.15) is 74.5 Å². The molecule has 0 spiro atoms. The molecule has 0 aromatic carbocycles. The van der Waals surface area contributed by atoms with Gasteiger partial charge >= 0.3 is 0 Å². The molecule has 0 radical (unpaired) electrons. The highest BCUT2D eigenvalue weighted by Gasteiger charge is 2.31. The van der Waals surface area contributed by atoms with Crippen LogP contribution in [-0.4, -0.2) is 34.1 Å². The molecule has 0 unspecified atom stereocenters. The van der Waals surface area contributed by atoms with E-state index in [1.807, 2.05) is 4.90 Å². The summed E-state index contributed by atoms with van der Waals surface area (Å²) in [5.41, 5.74) is 8.04. The molecule has 1 heterocycles. The van der Waals surface area contributed by atoms with Crippen molar-refractivity contribution in [2.45, 2.75) is 58.3 Å². The molecule has 1 aliphatic rings. The van der Waals surface area contributed by atoms with Crippen LogP contribution >= 0.6 is 0 Å². The zero-order chi connectivity index (χ0) is 14.5. The number of H-pyrrole nitrogens is 1. The predicted molar refractivity (Wildman–Crippen MR) is 80.7 cm³/mol. The second kappa shape index (κ2) is 6.77. The van der Waals surface area contributed by atoms with Crippen molar-refractivity contribution in [1.82, 2.24) is 15.1 Å². The van der Waals surface area contributed by atoms with E-state index < -0.39 is 0 Å². The lowest BCUT2D eigenvalue weighted by molar-refractivity contribution is 0.0746. The minimum Gasteiger partial charge on any atom is -0.395 e. The van der Waals surface area contributed by atoms with Crippen molar-refractivity contribution in [3.8, 4) is 0 Å². The minimum atomic E-state index is -0.0208. The van der Waals surface area contributed by atoms with E-state index >= 15 is 0 Å². The number of unbranched alkanes of at least 4 members (excludes halogenated alkanes) is 2. The number of carbonyl (C=O) groups excluding carboxylic acids is 1. The molecule has 1 amide bonds. The van der Waals surface area contributed by atoms with Crippen molar-refractivity contribution in [2.24, 2.45) is 0 Å². The van der Waals surface area contributed by atoms with Gasteiger partial charge in [0, 0.05) is 19.0 Å². The van der Waals surface area contributed by atoms with Gasteiger partial charge in [-0.1, -0.05) is 26.7 Å². The van der Waals surface area contributed by atoms with Gasteiger partial charge in [-0.25, -0.2) is 0 Å². The van der Waals surface area contributed by atoms with Gasteiger partial charge in [0.2, 0.25) is 0 Å². The fraction of sp³-hybridized carbons (Fsp3) is 0.733. The van der Waals surface area contributed by atoms with Crippen LogP contribution in [0, 0.1) is 0 Å². The molecule has 112 valence electrons. The van der Waals surface area contributed by atoms with Crippen LogP contribution in [-0.2, 0) is 0 Å². The quantitative estimate of drug-likeness (QED) is 0.767. The van der Waals surface area contributed by atoms with Crippen molar-refractivity contribution in [2.75, 3.05) is 18.8 Å². The lowest BCUT2D eigenvalue weighted by atomic mass is 10.2. The smallest absolute Gasteiger partial charge is 0.276 e. The molecule has 5 nitrogen and oxygen atoms in total. The normalized spacial score (nSPS) is 14.5. The third kappa shape index (κ3) is 3.32. The van der Waals surface area contributed by atoms with Gasteiger partial charge in [0.25, 0.3) is 5.91 Å². The Labute approximate surface area is 120 Å². The second-order valence-corrected chi connectivity index (χ2v) is 5.67. The van der Waals surface area contributed by atoms with E-state index in [9.17, 15) is 4.79 Å². The van der Waals surface area contributed by atoms with Crippen molar-refractivity contribution in [3.63, 3.8) is 0 Å². The molecule has 1 aliphatic carbocycles. The topological polar surface area (TPSA) is 75.0 Å². The van der Waals surface area contributed by atoms with Gasteiger partial charge in [-0.3, -0.25) is 9.89 Å². The molecular weight excluding hydrogens is 252 g/mol. The number of nitrogens with one attached hydrogen (secondary N) is 1. The van der Waals surface area contributed by atoms with Crippen molar-refractivity contribution < 1.29 is 4.79 Å². The molecule has 0 atom stereocenters. The predicted octanol–water partition coefficient (Wildman–Crippen LogP) is 2.91. The molecule has 1 aromatic heterocycles. The molecule has 5 heteroatoms. The SMILES string of the molecule is CCCCN(CCCC)C(=O)c1n[nH]c(C2CC2)c1N. The summed E-state index contributed by atoms with van der Waals surface area (Å²) in [6.45, 7) is 5.86. The standard InChI is InChI=1S/C15H26N4O/c1-3-5-9-19(10-6-4-2)15(20)14-12(16)13(17-18-14)11-7-8-11/h11H,3-10,16H2,1-2H3,(H,17,18). The van der Waals surface area contributed by atoms with E-state index in [1.54, 1.807) is 0 Å². The summed E-state index contributed by atoms with van der Waals surface area (Å²) in [5, 5.41) is 7.13. The Morgan fingerprint density at radius 3 is 2.40 bits per heavy atom. The number of aromatic nitrogens is 2. The van der Waals surface area contributed by atoms with Crippen LogP contribution in [0.15, 0.2) is 0 Å². The monoisotopic (exact) mass is 278 g/mol. The largest absolute Gasteiger partial charge is 0.395 e. The van der Waals surface area contributed by atoms with Gasteiger partial charge in [-0.2, -0.15) is 5.10 Å². The third-order valence-corrected chi connectivity index (χ3v) is 3.87. The summed E-state index contributed by atoms with van der Waals surface area (Å²) in [6, 6.07) is 0. The van der Waals surface area contributed by atoms with Crippen LogP contribution < -0.4 is 5.73 Å². The minimum absolute atomic E-state index is 0.0208. The average molecular weight is 278 g/mol. The summed E-state index contributed by atoms with van der Waals surface area (Å²) in [7, 11) is 0. The number of carbonyl (C=O) groups is 1. The molecule has 3 N–H and O–H groups in total. The summed E-state index contributed by atoms with van der Waals surface area (Å²) in [4.78, 5) is 14.5. The Hall–Kier alpha value is -1.52. The average Bonchev–Trinajstić information content (AvgIpc) is 3.21. The summed E-state index contributed by atoms with van der Waals surface area (Å²) in [5.74, 6) is 0.469. The highest BCUT2D eigenvalue weighted by molar-refractivity contribution is 5.97. The number of nitrogens with zero attached hydrogens (tertiary/aromatic N) is 2. The maximum atomic E-state index is 12.6. The number of hydrogen-bond acceptors (Lipinski definition) is 3. The Kier molecular flexibility index (Phi) is 5.04. The molecule has 2 rings (SSSR count). The fourth-order valence-electron chi connectivity index (χ4n) is 2.37. The van der Waals surface area contributed by atoms with E-state index in [-0.39, 0.29) is 5.91 Å². The summed E-state index contributed by atoms with van der Waals surface area (Å²) in [6.07, 6.45) is 6.51. The number of nitrogens with two attached hydrogens (primary N) is 1. The van der Waals surface area contributed by atoms with Crippen molar-refractivity contribution in [1.29, 1.82) is 0 Å². The molecule has 20 heavy (non-hydrogen) atoms. The zero-order valence-electron chi connectivity index (χ0n) is 12.6. The first-order valence-corrected chi connectivity index (χ1v) is 7.82. The van der Waals surface area contributed by atoms with Gasteiger partial charge in [0.15, 0.2) is 5.69 Å². The molecule has 0 bridgehead atoms. The number of amides is 1. The number of rotatable bonds is 8. The van der Waals surface area contributed by atoms with Gasteiger partial charge in [0.1, 0.15) is 0 Å². The maximum absolute atomic E-state index is 12.6. The van der Waals surface area contributed by atoms with Crippen LogP contribution in [0.3, 0.4) is 0 Å². The molecule has 1 saturated carbocycles. The lowest BCUT2D eigenvalue weighted by Crippen LogP contribution is -2.33. The van der Waals surface area contributed by atoms with Crippen molar-refractivity contribution in [3.05, 3.63) is 11.4 Å². The maximum Gasteiger partial charge on any atom is 0.276 e. The van der Waals surface area contributed by atoms with Gasteiger partial charge in [0.05, 0.1) is 11.4 Å². The first-order chi connectivity index (χ1) is 9.69. The molecule has 1 aromatic rings. The number of nitrogen functional groups attached to an aromatic ring is 1. The lowest BCUT2D eigenvalue weighted by Gasteiger charge is -2.21. The number of hydrogen-bond donors (Lipinski definition) is 2. The Morgan fingerprint density at radius 2 is 1.90 bits per heavy atom. The Morgan fingerprint density at radius 1 is 1.30 bits per heavy atom. The molecule has 0 saturated heterocycles. The Balaban J connectivity index is 2.08. The number of aromatic amines is 1. The molecule has 1 fully saturated rings. The van der Waals surface area contributed by atoms with Gasteiger partial charge in [-0.15, -0.1) is 0 Å². The van der Waals surface area contributed by atoms with E-state index in [4.69, 9.17) is 5.73 Å². The van der Waals surface area contributed by atoms with Crippen LogP contribution in [0.25, 0.3) is 0 Å².